The summed E-state index contributed by atoms with van der Waals surface area (Å²) in [6, 6.07) is 7.24. The minimum absolute atomic E-state index is 0.0422. The van der Waals surface area contributed by atoms with Gasteiger partial charge in [-0.25, -0.2) is 0 Å². The fourth-order valence-corrected chi connectivity index (χ4v) is 5.78. The molecule has 1 amide bonds. The van der Waals surface area contributed by atoms with E-state index in [1.54, 1.807) is 18.2 Å². The Kier molecular flexibility index (Phi) is 4.31. The zero-order chi connectivity index (χ0) is 20.3. The molecule has 0 bridgehead atoms. The van der Waals surface area contributed by atoms with Crippen molar-refractivity contribution in [3.05, 3.63) is 40.4 Å². The predicted molar refractivity (Wildman–Crippen MR) is 109 cm³/mol. The number of benzene rings is 1. The summed E-state index contributed by atoms with van der Waals surface area (Å²) in [6.07, 6.45) is 2.76. The summed E-state index contributed by atoms with van der Waals surface area (Å²) < 4.78 is 6.33. The van der Waals surface area contributed by atoms with Gasteiger partial charge < -0.3 is 9.64 Å². The van der Waals surface area contributed by atoms with Crippen molar-refractivity contribution < 1.29 is 9.53 Å². The minimum atomic E-state index is -0.242. The third kappa shape index (κ3) is 2.66. The number of likely N-dealkylation sites (tertiary alicyclic amines) is 1. The van der Waals surface area contributed by atoms with Crippen LogP contribution in [-0.2, 0) is 4.79 Å². The number of ether oxygens (including phenoxy) is 1. The van der Waals surface area contributed by atoms with Crippen LogP contribution in [0.2, 0.25) is 5.02 Å². The molecule has 1 aromatic carbocycles. The van der Waals surface area contributed by atoms with E-state index in [1.165, 1.54) is 0 Å². The van der Waals surface area contributed by atoms with Gasteiger partial charge in [0.2, 0.25) is 0 Å². The van der Waals surface area contributed by atoms with Crippen LogP contribution >= 0.6 is 11.6 Å². The van der Waals surface area contributed by atoms with Crippen molar-refractivity contribution in [2.45, 2.75) is 46.3 Å². The smallest absolute Gasteiger partial charge is 0.256 e. The number of amides is 1. The van der Waals surface area contributed by atoms with E-state index in [-0.39, 0.29) is 28.9 Å². The van der Waals surface area contributed by atoms with E-state index in [9.17, 15) is 4.79 Å². The van der Waals surface area contributed by atoms with Crippen LogP contribution in [0.5, 0.6) is 5.75 Å². The van der Waals surface area contributed by atoms with Gasteiger partial charge in [-0.1, -0.05) is 45.4 Å². The molecule has 1 saturated carbocycles. The van der Waals surface area contributed by atoms with Crippen molar-refractivity contribution in [3.63, 3.8) is 0 Å². The van der Waals surface area contributed by atoms with Crippen LogP contribution in [-0.4, -0.2) is 41.8 Å². The first-order valence-electron chi connectivity index (χ1n) is 9.59. The number of nitrogens with zero attached hydrogens (tertiary/aromatic N) is 3. The van der Waals surface area contributed by atoms with E-state index in [2.05, 4.69) is 38.8 Å². The summed E-state index contributed by atoms with van der Waals surface area (Å²) >= 11 is 6.16. The number of carbonyl (C=O) groups excluding carboxylic acids is 1. The number of nitriles is 1. The molecule has 0 radical (unpaired) electrons. The van der Waals surface area contributed by atoms with Gasteiger partial charge in [-0.2, -0.15) is 5.26 Å². The first-order chi connectivity index (χ1) is 13.2. The lowest BCUT2D eigenvalue weighted by Gasteiger charge is -2.65. The topological polar surface area (TPSA) is 65.7 Å². The van der Waals surface area contributed by atoms with Gasteiger partial charge in [0.15, 0.2) is 0 Å². The van der Waals surface area contributed by atoms with Crippen LogP contribution < -0.4 is 4.74 Å². The highest BCUT2D eigenvalue weighted by Gasteiger charge is 2.67. The molecule has 2 fully saturated rings. The molecule has 0 spiro atoms. The zero-order valence-electron chi connectivity index (χ0n) is 16.6. The summed E-state index contributed by atoms with van der Waals surface area (Å²) in [4.78, 5) is 19.5. The largest absolute Gasteiger partial charge is 0.489 e. The molecule has 0 N–H and O–H groups in total. The monoisotopic (exact) mass is 397 g/mol. The molecule has 2 heterocycles. The third-order valence-electron chi connectivity index (χ3n) is 6.29. The van der Waals surface area contributed by atoms with Gasteiger partial charge >= 0.3 is 0 Å². The fraction of sp³-hybridized carbons (Fsp3) is 0.500. The highest BCUT2D eigenvalue weighted by atomic mass is 35.5. The van der Waals surface area contributed by atoms with E-state index in [4.69, 9.17) is 21.6 Å². The molecule has 3 aliphatic rings. The van der Waals surface area contributed by atoms with E-state index < -0.39 is 0 Å². The molecule has 0 atom stereocenters. The Balaban J connectivity index is 1.59. The Morgan fingerprint density at radius 2 is 2.00 bits per heavy atom. The Hall–Kier alpha value is -2.32. The minimum Gasteiger partial charge on any atom is -0.489 e. The molecule has 1 aliphatic carbocycles. The van der Waals surface area contributed by atoms with Crippen molar-refractivity contribution in [1.29, 1.82) is 5.26 Å². The number of fused-ring (bicyclic) bond motifs is 1. The van der Waals surface area contributed by atoms with Crippen LogP contribution in [0.3, 0.4) is 0 Å². The summed E-state index contributed by atoms with van der Waals surface area (Å²) in [5, 5.41) is 9.44. The lowest BCUT2D eigenvalue weighted by Crippen LogP contribution is -2.74. The lowest BCUT2D eigenvalue weighted by molar-refractivity contribution is -0.206. The van der Waals surface area contributed by atoms with Crippen LogP contribution in [0.4, 0.5) is 0 Å². The van der Waals surface area contributed by atoms with Gasteiger partial charge in [-0.3, -0.25) is 9.79 Å². The molecule has 0 unspecified atom stereocenters. The Labute approximate surface area is 170 Å². The number of carbonyl (C=O) groups is 1. The average molecular weight is 398 g/mol. The van der Waals surface area contributed by atoms with Gasteiger partial charge in [-0.05, 0) is 18.6 Å². The van der Waals surface area contributed by atoms with Crippen molar-refractivity contribution in [3.8, 4) is 11.8 Å². The second kappa shape index (κ2) is 6.35. The number of rotatable bonds is 3. The van der Waals surface area contributed by atoms with Gasteiger partial charge in [0.25, 0.3) is 5.91 Å². The molecule has 2 aliphatic heterocycles. The van der Waals surface area contributed by atoms with Crippen LogP contribution in [0.1, 0.15) is 39.7 Å². The molecule has 146 valence electrons. The van der Waals surface area contributed by atoms with Crippen molar-refractivity contribution >= 4 is 23.2 Å². The van der Waals surface area contributed by atoms with E-state index in [1.807, 2.05) is 11.0 Å². The first-order valence-corrected chi connectivity index (χ1v) is 9.97. The molecule has 1 saturated heterocycles. The first kappa shape index (κ1) is 19.0. The van der Waals surface area contributed by atoms with E-state index >= 15 is 0 Å². The summed E-state index contributed by atoms with van der Waals surface area (Å²) in [5.74, 6) is 0.728. The Morgan fingerprint density at radius 1 is 1.29 bits per heavy atom. The quantitative estimate of drug-likeness (QED) is 0.774. The van der Waals surface area contributed by atoms with Gasteiger partial charge in [0.1, 0.15) is 17.9 Å². The average Bonchev–Trinajstić information content (AvgIpc) is 2.95. The van der Waals surface area contributed by atoms with Gasteiger partial charge in [0.05, 0.1) is 28.4 Å². The Morgan fingerprint density at radius 3 is 2.61 bits per heavy atom. The predicted octanol–water partition coefficient (Wildman–Crippen LogP) is 4.01. The van der Waals surface area contributed by atoms with Crippen LogP contribution in [0, 0.1) is 22.2 Å². The molecule has 1 aromatic rings. The van der Waals surface area contributed by atoms with E-state index in [0.29, 0.717) is 22.9 Å². The highest BCUT2D eigenvalue weighted by Crippen LogP contribution is 2.58. The normalized spacial score (nSPS) is 27.3. The van der Waals surface area contributed by atoms with E-state index in [0.717, 1.165) is 24.3 Å². The highest BCUT2D eigenvalue weighted by molar-refractivity contribution is 6.31. The maximum Gasteiger partial charge on any atom is 0.256 e. The van der Waals surface area contributed by atoms with Crippen molar-refractivity contribution in [2.75, 3.05) is 13.1 Å². The SMILES string of the molecule is CC1(C)C(Oc2ccc(C#N)c(Cl)c2)C(C)(C)C1N1CC2=NCCC=C2C1=O. The maximum absolute atomic E-state index is 13.0. The number of hydrogen-bond acceptors (Lipinski definition) is 4. The molecular weight excluding hydrogens is 374 g/mol. The lowest BCUT2D eigenvalue weighted by atomic mass is 9.49. The molecule has 4 rings (SSSR count). The fourth-order valence-electron chi connectivity index (χ4n) is 5.56. The molecular formula is C22H24ClN3O2. The Bertz CT molecular complexity index is 939. The zero-order valence-corrected chi connectivity index (χ0v) is 17.4. The molecule has 5 nitrogen and oxygen atoms in total. The number of dihydropyridines is 1. The van der Waals surface area contributed by atoms with Gasteiger partial charge in [0, 0.05) is 29.5 Å². The standard InChI is InChI=1S/C22H24ClN3O2/c1-21(2)19(26-12-17-15(18(26)27)6-5-9-25-17)22(3,4)20(21)28-14-8-7-13(11-24)16(23)10-14/h6-8,10,19-20H,5,9,12H2,1-4H3. The molecule has 6 heteroatoms. The van der Waals surface area contributed by atoms with Gasteiger partial charge in [-0.15, -0.1) is 0 Å². The summed E-state index contributed by atoms with van der Waals surface area (Å²) in [5.41, 5.74) is 1.65. The molecule has 0 aromatic heterocycles. The second-order valence-corrected chi connectivity index (χ2v) is 9.37. The van der Waals surface area contributed by atoms with Crippen LogP contribution in [0.25, 0.3) is 0 Å². The van der Waals surface area contributed by atoms with Crippen molar-refractivity contribution in [2.24, 2.45) is 15.8 Å². The molecule has 28 heavy (non-hydrogen) atoms. The van der Waals surface area contributed by atoms with Crippen LogP contribution in [0.15, 0.2) is 34.8 Å². The van der Waals surface area contributed by atoms with Crippen molar-refractivity contribution in [1.82, 2.24) is 4.90 Å². The number of hydrogen-bond donors (Lipinski definition) is 0. The maximum atomic E-state index is 13.0. The number of aliphatic imine (C=N–C) groups is 1. The summed E-state index contributed by atoms with van der Waals surface area (Å²) in [6.45, 7) is 9.92. The summed E-state index contributed by atoms with van der Waals surface area (Å²) in [7, 11) is 0. The third-order valence-corrected chi connectivity index (χ3v) is 6.60. The number of halogens is 1. The second-order valence-electron chi connectivity index (χ2n) is 8.96.